The molecule has 1 aliphatic heterocycles. The van der Waals surface area contributed by atoms with E-state index in [9.17, 15) is 9.59 Å². The molecule has 18 heavy (non-hydrogen) atoms. The average Bonchev–Trinajstić information content (AvgIpc) is 2.82. The topological polar surface area (TPSA) is 84.2 Å². The van der Waals surface area contributed by atoms with E-state index in [4.69, 9.17) is 0 Å². The average molecular weight is 269 g/mol. The standard InChI is InChI=1S/C11H15N3O3S/c1-11(2)10(16)13-8(6-18-11)9(15)12-5-7-3-4-17-14-7/h3-4,8H,5-6H2,1-2H3,(H,12,15)(H,13,16)/t8-/m1/s1. The van der Waals surface area contributed by atoms with E-state index in [1.165, 1.54) is 18.0 Å². The number of rotatable bonds is 3. The third kappa shape index (κ3) is 2.84. The first-order valence-electron chi connectivity index (χ1n) is 5.61. The molecule has 1 aromatic heterocycles. The van der Waals surface area contributed by atoms with Crippen LogP contribution in [0.3, 0.4) is 0 Å². The molecule has 2 N–H and O–H groups in total. The molecule has 0 aromatic carbocycles. The number of nitrogens with one attached hydrogen (secondary N) is 2. The Hall–Kier alpha value is -1.50. The van der Waals surface area contributed by atoms with Gasteiger partial charge < -0.3 is 15.2 Å². The first kappa shape index (κ1) is 12.9. The van der Waals surface area contributed by atoms with Crippen molar-refractivity contribution in [1.29, 1.82) is 0 Å². The molecule has 0 spiro atoms. The number of thioether (sulfide) groups is 1. The van der Waals surface area contributed by atoms with Crippen molar-refractivity contribution in [2.75, 3.05) is 5.75 Å². The van der Waals surface area contributed by atoms with Gasteiger partial charge in [0, 0.05) is 11.8 Å². The van der Waals surface area contributed by atoms with Crippen LogP contribution in [-0.4, -0.2) is 33.5 Å². The normalized spacial score (nSPS) is 22.3. The zero-order chi connectivity index (χ0) is 13.2. The van der Waals surface area contributed by atoms with Crippen LogP contribution in [0.15, 0.2) is 16.9 Å². The van der Waals surface area contributed by atoms with Gasteiger partial charge >= 0.3 is 0 Å². The summed E-state index contributed by atoms with van der Waals surface area (Å²) in [6.45, 7) is 3.99. The Kier molecular flexibility index (Phi) is 3.60. The van der Waals surface area contributed by atoms with Crippen LogP contribution < -0.4 is 10.6 Å². The SMILES string of the molecule is CC1(C)SC[C@H](C(=O)NCc2ccon2)NC1=O. The lowest BCUT2D eigenvalue weighted by molar-refractivity contribution is -0.129. The molecular formula is C11H15N3O3S. The van der Waals surface area contributed by atoms with Crippen molar-refractivity contribution in [2.24, 2.45) is 0 Å². The lowest BCUT2D eigenvalue weighted by Crippen LogP contribution is -2.57. The second-order valence-electron chi connectivity index (χ2n) is 4.56. The largest absolute Gasteiger partial charge is 0.364 e. The highest BCUT2D eigenvalue weighted by Crippen LogP contribution is 2.28. The summed E-state index contributed by atoms with van der Waals surface area (Å²) in [4.78, 5) is 23.6. The number of nitrogens with zero attached hydrogens (tertiary/aromatic N) is 1. The first-order chi connectivity index (χ1) is 8.49. The van der Waals surface area contributed by atoms with E-state index < -0.39 is 10.8 Å². The zero-order valence-corrected chi connectivity index (χ0v) is 11.0. The molecule has 0 bridgehead atoms. The van der Waals surface area contributed by atoms with Crippen molar-refractivity contribution in [1.82, 2.24) is 15.8 Å². The van der Waals surface area contributed by atoms with Crippen LogP contribution in [0.1, 0.15) is 19.5 Å². The summed E-state index contributed by atoms with van der Waals surface area (Å²) in [5, 5.41) is 9.12. The molecule has 6 nitrogen and oxygen atoms in total. The fraction of sp³-hybridized carbons (Fsp3) is 0.545. The number of carbonyl (C=O) groups is 2. The van der Waals surface area contributed by atoms with E-state index >= 15 is 0 Å². The van der Waals surface area contributed by atoms with Crippen molar-refractivity contribution in [3.8, 4) is 0 Å². The summed E-state index contributed by atoms with van der Waals surface area (Å²) in [5.41, 5.74) is 0.651. The van der Waals surface area contributed by atoms with Crippen molar-refractivity contribution in [3.05, 3.63) is 18.0 Å². The molecule has 1 fully saturated rings. The van der Waals surface area contributed by atoms with Gasteiger partial charge in [-0.25, -0.2) is 0 Å². The molecule has 0 saturated carbocycles. The Morgan fingerprint density at radius 3 is 3.11 bits per heavy atom. The van der Waals surface area contributed by atoms with Gasteiger partial charge in [0.1, 0.15) is 18.0 Å². The molecule has 1 aromatic rings. The molecule has 1 aliphatic rings. The lowest BCUT2D eigenvalue weighted by atomic mass is 10.1. The first-order valence-corrected chi connectivity index (χ1v) is 6.59. The van der Waals surface area contributed by atoms with Crippen LogP contribution in [0.25, 0.3) is 0 Å². The minimum atomic E-state index is -0.484. The second kappa shape index (κ2) is 5.01. The summed E-state index contributed by atoms with van der Waals surface area (Å²) in [7, 11) is 0. The molecule has 98 valence electrons. The zero-order valence-electron chi connectivity index (χ0n) is 10.2. The van der Waals surface area contributed by atoms with E-state index in [0.717, 1.165) is 0 Å². The summed E-state index contributed by atoms with van der Waals surface area (Å²) in [6.07, 6.45) is 1.45. The van der Waals surface area contributed by atoms with E-state index in [-0.39, 0.29) is 11.8 Å². The third-order valence-electron chi connectivity index (χ3n) is 2.71. The Balaban J connectivity index is 1.85. The predicted molar refractivity (Wildman–Crippen MR) is 66.8 cm³/mol. The van der Waals surface area contributed by atoms with Gasteiger partial charge in [0.25, 0.3) is 0 Å². The highest BCUT2D eigenvalue weighted by molar-refractivity contribution is 8.01. The minimum Gasteiger partial charge on any atom is -0.364 e. The monoisotopic (exact) mass is 269 g/mol. The van der Waals surface area contributed by atoms with Crippen molar-refractivity contribution in [2.45, 2.75) is 31.2 Å². The third-order valence-corrected chi connectivity index (χ3v) is 4.12. The van der Waals surface area contributed by atoms with Gasteiger partial charge in [-0.15, -0.1) is 11.8 Å². The number of amides is 2. The van der Waals surface area contributed by atoms with Crippen LogP contribution in [0.2, 0.25) is 0 Å². The second-order valence-corrected chi connectivity index (χ2v) is 6.20. The smallest absolute Gasteiger partial charge is 0.243 e. The maximum atomic E-state index is 11.9. The summed E-state index contributed by atoms with van der Waals surface area (Å²) in [6, 6.07) is 1.19. The van der Waals surface area contributed by atoms with Gasteiger partial charge in [-0.2, -0.15) is 0 Å². The number of hydrogen-bond donors (Lipinski definition) is 2. The van der Waals surface area contributed by atoms with Gasteiger partial charge in [0.15, 0.2) is 0 Å². The Bertz CT molecular complexity index is 444. The molecule has 0 unspecified atom stereocenters. The van der Waals surface area contributed by atoms with Gasteiger partial charge in [-0.05, 0) is 13.8 Å². The van der Waals surface area contributed by atoms with Crippen molar-refractivity contribution >= 4 is 23.6 Å². The molecule has 7 heteroatoms. The molecule has 2 rings (SSSR count). The molecule has 0 radical (unpaired) electrons. The molecule has 0 aliphatic carbocycles. The van der Waals surface area contributed by atoms with Gasteiger partial charge in [0.2, 0.25) is 11.8 Å². The molecule has 2 amide bonds. The van der Waals surface area contributed by atoms with Crippen molar-refractivity contribution < 1.29 is 14.1 Å². The van der Waals surface area contributed by atoms with Crippen LogP contribution >= 0.6 is 11.8 Å². The molecule has 1 atom stereocenters. The van der Waals surface area contributed by atoms with Crippen LogP contribution in [0.4, 0.5) is 0 Å². The summed E-state index contributed by atoms with van der Waals surface area (Å²) in [5.74, 6) is 0.262. The molecular weight excluding hydrogens is 254 g/mol. The summed E-state index contributed by atoms with van der Waals surface area (Å²) >= 11 is 1.48. The molecule has 1 saturated heterocycles. The van der Waals surface area contributed by atoms with E-state index in [1.54, 1.807) is 6.07 Å². The van der Waals surface area contributed by atoms with Gasteiger partial charge in [-0.1, -0.05) is 5.16 Å². The quantitative estimate of drug-likeness (QED) is 0.824. The summed E-state index contributed by atoms with van der Waals surface area (Å²) < 4.78 is 4.19. The fourth-order valence-corrected chi connectivity index (χ4v) is 2.51. The van der Waals surface area contributed by atoms with Crippen molar-refractivity contribution in [3.63, 3.8) is 0 Å². The van der Waals surface area contributed by atoms with Gasteiger partial charge in [0.05, 0.1) is 11.3 Å². The Morgan fingerprint density at radius 1 is 1.72 bits per heavy atom. The Labute approximate surface area is 109 Å². The molecule has 2 heterocycles. The maximum Gasteiger partial charge on any atom is 0.243 e. The van der Waals surface area contributed by atoms with E-state index in [0.29, 0.717) is 18.0 Å². The van der Waals surface area contributed by atoms with Crippen LogP contribution in [0.5, 0.6) is 0 Å². The maximum absolute atomic E-state index is 11.9. The number of carbonyl (C=O) groups excluding carboxylic acids is 2. The minimum absolute atomic E-state index is 0.111. The predicted octanol–water partition coefficient (Wildman–Crippen LogP) is 0.301. The fourth-order valence-electron chi connectivity index (χ4n) is 1.50. The van der Waals surface area contributed by atoms with Crippen LogP contribution in [-0.2, 0) is 16.1 Å². The van der Waals surface area contributed by atoms with E-state index in [2.05, 4.69) is 20.3 Å². The number of hydrogen-bond acceptors (Lipinski definition) is 5. The highest BCUT2D eigenvalue weighted by Gasteiger charge is 2.37. The Morgan fingerprint density at radius 2 is 2.50 bits per heavy atom. The van der Waals surface area contributed by atoms with Gasteiger partial charge in [-0.3, -0.25) is 9.59 Å². The number of aromatic nitrogens is 1. The highest BCUT2D eigenvalue weighted by atomic mass is 32.2. The van der Waals surface area contributed by atoms with E-state index in [1.807, 2.05) is 13.8 Å². The lowest BCUT2D eigenvalue weighted by Gasteiger charge is -2.32. The van der Waals surface area contributed by atoms with Crippen LogP contribution in [0, 0.1) is 0 Å².